The summed E-state index contributed by atoms with van der Waals surface area (Å²) in [5, 5.41) is 2.99. The van der Waals surface area contributed by atoms with E-state index in [1.54, 1.807) is 37.2 Å². The van der Waals surface area contributed by atoms with Gasteiger partial charge in [-0.2, -0.15) is 8.42 Å². The van der Waals surface area contributed by atoms with Crippen molar-refractivity contribution < 1.29 is 8.42 Å². The van der Waals surface area contributed by atoms with Crippen LogP contribution in [0.4, 0.5) is 5.69 Å². The number of sulfonamides is 1. The summed E-state index contributed by atoms with van der Waals surface area (Å²) in [4.78, 5) is 1.85. The molecular weight excluding hydrogens is 226 g/mol. The van der Waals surface area contributed by atoms with Gasteiger partial charge in [-0.1, -0.05) is 6.07 Å². The molecule has 6 heteroatoms. The van der Waals surface area contributed by atoms with Crippen molar-refractivity contribution in [2.24, 2.45) is 4.40 Å². The average Bonchev–Trinajstić information content (AvgIpc) is 2.15. The maximum absolute atomic E-state index is 11.8. The summed E-state index contributed by atoms with van der Waals surface area (Å²) in [7, 11) is -0.0927. The Hall–Kier alpha value is -1.56. The first kappa shape index (κ1) is 10.9. The topological polar surface area (TPSA) is 61.8 Å². The van der Waals surface area contributed by atoms with Crippen LogP contribution in [0.15, 0.2) is 27.5 Å². The molecule has 1 aliphatic rings. The number of benzene rings is 1. The Morgan fingerprint density at radius 2 is 2.00 bits per heavy atom. The van der Waals surface area contributed by atoms with Crippen LogP contribution in [-0.4, -0.2) is 33.4 Å². The van der Waals surface area contributed by atoms with Crippen molar-refractivity contribution in [1.82, 2.24) is 4.90 Å². The molecule has 1 heterocycles. The van der Waals surface area contributed by atoms with Crippen LogP contribution < -0.4 is 5.32 Å². The third-order valence-corrected chi connectivity index (χ3v) is 3.61. The Balaban J connectivity index is 2.61. The zero-order valence-electron chi connectivity index (χ0n) is 9.35. The zero-order valence-corrected chi connectivity index (χ0v) is 10.2. The lowest BCUT2D eigenvalue weighted by atomic mass is 10.2. The van der Waals surface area contributed by atoms with Gasteiger partial charge in [0.1, 0.15) is 4.90 Å². The van der Waals surface area contributed by atoms with Gasteiger partial charge in [0, 0.05) is 14.1 Å². The molecule has 0 bridgehead atoms. The molecule has 0 atom stereocenters. The van der Waals surface area contributed by atoms with Crippen molar-refractivity contribution in [2.45, 2.75) is 11.8 Å². The van der Waals surface area contributed by atoms with Crippen molar-refractivity contribution in [3.63, 3.8) is 0 Å². The normalized spacial score (nSPS) is 17.1. The molecule has 0 fully saturated rings. The third-order valence-electron chi connectivity index (χ3n) is 2.29. The molecule has 0 aliphatic carbocycles. The minimum absolute atomic E-state index is 0.226. The van der Waals surface area contributed by atoms with E-state index in [4.69, 9.17) is 0 Å². The molecule has 0 saturated carbocycles. The van der Waals surface area contributed by atoms with Gasteiger partial charge in [0.2, 0.25) is 5.96 Å². The quantitative estimate of drug-likeness (QED) is 0.734. The van der Waals surface area contributed by atoms with Gasteiger partial charge in [0.25, 0.3) is 10.0 Å². The van der Waals surface area contributed by atoms with E-state index in [2.05, 4.69) is 9.71 Å². The molecule has 1 aromatic rings. The Morgan fingerprint density at radius 1 is 1.31 bits per heavy atom. The summed E-state index contributed by atoms with van der Waals surface area (Å²) < 4.78 is 27.4. The third kappa shape index (κ3) is 1.76. The van der Waals surface area contributed by atoms with Crippen molar-refractivity contribution >= 4 is 21.7 Å². The fourth-order valence-electron chi connectivity index (χ4n) is 1.47. The number of anilines is 1. The largest absolute Gasteiger partial charge is 0.348 e. The molecule has 1 N–H and O–H groups in total. The van der Waals surface area contributed by atoms with Gasteiger partial charge < -0.3 is 10.2 Å². The van der Waals surface area contributed by atoms with Crippen LogP contribution in [-0.2, 0) is 10.0 Å². The lowest BCUT2D eigenvalue weighted by Gasteiger charge is -2.22. The van der Waals surface area contributed by atoms with E-state index < -0.39 is 10.0 Å². The first-order valence-corrected chi connectivity index (χ1v) is 6.24. The number of fused-ring (bicyclic) bond motifs is 1. The van der Waals surface area contributed by atoms with Crippen LogP contribution in [0.2, 0.25) is 0 Å². The second kappa shape index (κ2) is 3.48. The van der Waals surface area contributed by atoms with Crippen LogP contribution in [0.1, 0.15) is 5.56 Å². The van der Waals surface area contributed by atoms with Crippen molar-refractivity contribution in [3.8, 4) is 0 Å². The molecule has 86 valence electrons. The van der Waals surface area contributed by atoms with E-state index in [-0.39, 0.29) is 4.90 Å². The Bertz CT molecular complexity index is 561. The number of hydrogen-bond acceptors (Lipinski definition) is 4. The van der Waals surface area contributed by atoms with E-state index >= 15 is 0 Å². The van der Waals surface area contributed by atoms with Gasteiger partial charge in [-0.15, -0.1) is 4.40 Å². The van der Waals surface area contributed by atoms with E-state index in [1.165, 1.54) is 0 Å². The first-order chi connectivity index (χ1) is 7.40. The van der Waals surface area contributed by atoms with Crippen LogP contribution in [0.5, 0.6) is 0 Å². The molecule has 16 heavy (non-hydrogen) atoms. The van der Waals surface area contributed by atoms with Crippen molar-refractivity contribution in [3.05, 3.63) is 23.8 Å². The van der Waals surface area contributed by atoms with E-state index in [9.17, 15) is 8.42 Å². The van der Waals surface area contributed by atoms with Gasteiger partial charge in [-0.05, 0) is 24.6 Å². The van der Waals surface area contributed by atoms with Gasteiger partial charge >= 0.3 is 0 Å². The molecule has 5 nitrogen and oxygen atoms in total. The molecule has 0 amide bonds. The summed E-state index contributed by atoms with van der Waals surface area (Å²) in [6, 6.07) is 5.13. The number of guanidine groups is 1. The fraction of sp³-hybridized carbons (Fsp3) is 0.300. The lowest BCUT2D eigenvalue weighted by Crippen LogP contribution is -2.33. The lowest BCUT2D eigenvalue weighted by molar-refractivity contribution is 0.588. The maximum atomic E-state index is 11.8. The van der Waals surface area contributed by atoms with Gasteiger partial charge in [-0.3, -0.25) is 0 Å². The Kier molecular flexibility index (Phi) is 2.38. The highest BCUT2D eigenvalue weighted by Gasteiger charge is 2.25. The molecule has 1 aromatic carbocycles. The number of aryl methyl sites for hydroxylation is 1. The number of rotatable bonds is 0. The van der Waals surface area contributed by atoms with E-state index in [1.807, 2.05) is 6.92 Å². The van der Waals surface area contributed by atoms with Gasteiger partial charge in [-0.25, -0.2) is 0 Å². The zero-order chi connectivity index (χ0) is 11.9. The maximum Gasteiger partial charge on any atom is 0.287 e. The summed E-state index contributed by atoms with van der Waals surface area (Å²) in [5.74, 6) is 0.332. The summed E-state index contributed by atoms with van der Waals surface area (Å²) in [6.07, 6.45) is 0. The smallest absolute Gasteiger partial charge is 0.287 e. The molecule has 0 aromatic heterocycles. The number of hydrogen-bond donors (Lipinski definition) is 1. The van der Waals surface area contributed by atoms with Crippen molar-refractivity contribution in [1.29, 1.82) is 0 Å². The minimum Gasteiger partial charge on any atom is -0.348 e. The molecule has 0 spiro atoms. The highest BCUT2D eigenvalue weighted by Crippen LogP contribution is 2.28. The molecule has 0 saturated heterocycles. The van der Waals surface area contributed by atoms with Gasteiger partial charge in [0.15, 0.2) is 0 Å². The van der Waals surface area contributed by atoms with Crippen molar-refractivity contribution in [2.75, 3.05) is 19.4 Å². The van der Waals surface area contributed by atoms with Crippen LogP contribution >= 0.6 is 0 Å². The molecule has 1 aliphatic heterocycles. The number of nitrogens with one attached hydrogen (secondary N) is 1. The van der Waals surface area contributed by atoms with Crippen LogP contribution in [0.3, 0.4) is 0 Å². The predicted molar refractivity (Wildman–Crippen MR) is 63.1 cm³/mol. The average molecular weight is 239 g/mol. The Labute approximate surface area is 94.9 Å². The minimum atomic E-state index is -3.57. The summed E-state index contributed by atoms with van der Waals surface area (Å²) >= 11 is 0. The second-order valence-corrected chi connectivity index (χ2v) is 5.48. The second-order valence-electron chi connectivity index (χ2n) is 3.91. The number of nitrogens with zero attached hydrogens (tertiary/aromatic N) is 2. The molecule has 0 radical (unpaired) electrons. The standard InChI is InChI=1S/C10H13N3O2S/c1-7-4-5-9-8(6-7)11-10(13(2)3)12-16(9,14)15/h4-6H,1-3H3,(H,11,12). The van der Waals surface area contributed by atoms with Crippen LogP contribution in [0.25, 0.3) is 0 Å². The summed E-state index contributed by atoms with van der Waals surface area (Å²) in [6.45, 7) is 1.91. The molecular formula is C10H13N3O2S. The van der Waals surface area contributed by atoms with Crippen LogP contribution in [0, 0.1) is 6.92 Å². The first-order valence-electron chi connectivity index (χ1n) is 4.80. The van der Waals surface area contributed by atoms with E-state index in [0.29, 0.717) is 11.6 Å². The summed E-state index contributed by atoms with van der Waals surface area (Å²) in [5.41, 5.74) is 1.58. The van der Waals surface area contributed by atoms with Gasteiger partial charge in [0.05, 0.1) is 5.69 Å². The Morgan fingerprint density at radius 3 is 2.62 bits per heavy atom. The highest BCUT2D eigenvalue weighted by molar-refractivity contribution is 7.90. The monoisotopic (exact) mass is 239 g/mol. The molecule has 0 unspecified atom stereocenters. The van der Waals surface area contributed by atoms with E-state index in [0.717, 1.165) is 5.56 Å². The highest BCUT2D eigenvalue weighted by atomic mass is 32.2. The fourth-order valence-corrected chi connectivity index (χ4v) is 2.63. The predicted octanol–water partition coefficient (Wildman–Crippen LogP) is 1.03. The molecule has 2 rings (SSSR count). The SMILES string of the molecule is Cc1ccc2c(c1)NC(N(C)C)=NS2(=O)=O.